The van der Waals surface area contributed by atoms with Crippen molar-refractivity contribution in [1.82, 2.24) is 30.1 Å². The number of carbonyl (C=O) groups excluding carboxylic acids is 5. The second-order valence-electron chi connectivity index (χ2n) is 14.0. The quantitative estimate of drug-likeness (QED) is 0.151. The second kappa shape index (κ2) is 16.2. The minimum atomic E-state index is -3.92. The van der Waals surface area contributed by atoms with Gasteiger partial charge in [0.15, 0.2) is 22.6 Å². The Morgan fingerprint density at radius 1 is 0.966 bits per heavy atom. The summed E-state index contributed by atoms with van der Waals surface area (Å²) in [6, 6.07) is 5.10. The van der Waals surface area contributed by atoms with E-state index in [0.717, 1.165) is 16.9 Å². The zero-order valence-electron chi connectivity index (χ0n) is 39.1. The average Bonchev–Trinajstić information content (AvgIpc) is 3.82. The number of amides is 5. The summed E-state index contributed by atoms with van der Waals surface area (Å²) in [5.74, 6) is -12.1. The van der Waals surface area contributed by atoms with Crippen molar-refractivity contribution < 1.29 is 48.1 Å². The standard InChI is InChI=1S/C39H38ClF3N10O5S/c1-19-4-3-5-22(40)33(19)49-36(56)24-17-44-39(59-24)47-25-16-26(46-20(2)45-25)51-10-8-21(9-11-51)18-50-12-14-52(15-13-50)34-31(42)29-28(30(41)32(34)43)37(57)53(38(29)58)23-6-7-27(54)48-35(23)55/h3-5,16-17,21,23H,6-15,18H2,1-2H3,(H,49,56)(H,48,54,55)(H,44,45,46,47)/i12D2,13D2,14D2,15D2. The Labute approximate surface area is 356 Å². The predicted octanol–water partition coefficient (Wildman–Crippen LogP) is 5.06. The van der Waals surface area contributed by atoms with Crippen molar-refractivity contribution in [2.75, 3.05) is 66.1 Å². The number of benzene rings is 2. The number of hydrogen-bond acceptors (Lipinski definition) is 13. The highest BCUT2D eigenvalue weighted by molar-refractivity contribution is 7.17. The molecule has 2 aromatic carbocycles. The molecule has 15 nitrogen and oxygen atoms in total. The molecular formula is C39H38ClF3N10O5S. The molecule has 8 rings (SSSR count). The summed E-state index contributed by atoms with van der Waals surface area (Å²) >= 11 is 7.33. The van der Waals surface area contributed by atoms with Gasteiger partial charge in [-0.2, -0.15) is 0 Å². The number of anilines is 5. The predicted molar refractivity (Wildman–Crippen MR) is 213 cm³/mol. The third-order valence-electron chi connectivity index (χ3n) is 10.1. The van der Waals surface area contributed by atoms with Crippen molar-refractivity contribution in [3.05, 3.63) is 80.3 Å². The number of nitrogens with one attached hydrogen (secondary N) is 3. The van der Waals surface area contributed by atoms with Crippen LogP contribution in [0.25, 0.3) is 0 Å². The molecule has 4 aromatic rings. The van der Waals surface area contributed by atoms with Crippen LogP contribution in [0.4, 0.5) is 41.3 Å². The first-order valence-corrected chi connectivity index (χ1v) is 19.4. The highest BCUT2D eigenvalue weighted by Crippen LogP contribution is 2.39. The van der Waals surface area contributed by atoms with E-state index in [1.165, 1.54) is 6.20 Å². The number of piperazine rings is 1. The maximum atomic E-state index is 16.6. The molecule has 0 spiro atoms. The first-order chi connectivity index (χ1) is 31.3. The third kappa shape index (κ3) is 7.81. The smallest absolute Gasteiger partial charge is 0.267 e. The third-order valence-corrected chi connectivity index (χ3v) is 11.4. The van der Waals surface area contributed by atoms with Crippen molar-refractivity contribution in [2.45, 2.75) is 45.6 Å². The van der Waals surface area contributed by atoms with Crippen molar-refractivity contribution in [1.29, 1.82) is 0 Å². The molecule has 6 heterocycles. The Kier molecular flexibility index (Phi) is 8.58. The Morgan fingerprint density at radius 2 is 1.68 bits per heavy atom. The lowest BCUT2D eigenvalue weighted by Crippen LogP contribution is -2.54. The number of piperidine rings is 2. The zero-order chi connectivity index (χ0) is 48.9. The zero-order valence-corrected chi connectivity index (χ0v) is 32.7. The topological polar surface area (TPSA) is 173 Å². The summed E-state index contributed by atoms with van der Waals surface area (Å²) in [5, 5.41) is 8.47. The van der Waals surface area contributed by atoms with Gasteiger partial charge in [-0.15, -0.1) is 0 Å². The number of nitrogens with zero attached hydrogens (tertiary/aromatic N) is 7. The average molecular weight is 859 g/mol. The van der Waals surface area contributed by atoms with Gasteiger partial charge in [0.1, 0.15) is 34.1 Å². The van der Waals surface area contributed by atoms with E-state index in [-0.39, 0.29) is 47.0 Å². The van der Waals surface area contributed by atoms with Crippen LogP contribution >= 0.6 is 22.9 Å². The second-order valence-corrected chi connectivity index (χ2v) is 15.4. The van der Waals surface area contributed by atoms with Gasteiger partial charge < -0.3 is 20.4 Å². The Hall–Kier alpha value is -5.66. The van der Waals surface area contributed by atoms with Gasteiger partial charge in [0.2, 0.25) is 11.8 Å². The number of para-hydroxylation sites is 1. The highest BCUT2D eigenvalue weighted by atomic mass is 35.5. The van der Waals surface area contributed by atoms with Gasteiger partial charge in [0.25, 0.3) is 17.7 Å². The highest BCUT2D eigenvalue weighted by Gasteiger charge is 2.49. The van der Waals surface area contributed by atoms with Gasteiger partial charge in [0, 0.05) is 63.6 Å². The molecule has 59 heavy (non-hydrogen) atoms. The number of rotatable bonds is 9. The summed E-state index contributed by atoms with van der Waals surface area (Å²) in [5.41, 5.74) is -3.78. The van der Waals surface area contributed by atoms with Crippen LogP contribution in [-0.4, -0.2) is 106 Å². The monoisotopic (exact) mass is 858 g/mol. The van der Waals surface area contributed by atoms with Gasteiger partial charge in [-0.25, -0.2) is 28.1 Å². The van der Waals surface area contributed by atoms with Crippen LogP contribution in [-0.2, 0) is 9.59 Å². The first-order valence-electron chi connectivity index (χ1n) is 22.2. The molecule has 3 N–H and O–H groups in total. The van der Waals surface area contributed by atoms with E-state index < -0.39 is 120 Å². The lowest BCUT2D eigenvalue weighted by atomic mass is 9.96. The normalized spacial score (nSPS) is 24.4. The summed E-state index contributed by atoms with van der Waals surface area (Å²) in [6.45, 7) is -11.7. The molecular weight excluding hydrogens is 813 g/mol. The van der Waals surface area contributed by atoms with E-state index in [0.29, 0.717) is 33.3 Å². The van der Waals surface area contributed by atoms with Gasteiger partial charge in [-0.3, -0.25) is 39.1 Å². The summed E-state index contributed by atoms with van der Waals surface area (Å²) in [4.78, 5) is 79.2. The molecule has 0 bridgehead atoms. The molecule has 4 aliphatic rings. The summed E-state index contributed by atoms with van der Waals surface area (Å²) < 4.78 is 120. The van der Waals surface area contributed by atoms with E-state index in [4.69, 9.17) is 22.6 Å². The molecule has 1 atom stereocenters. The Morgan fingerprint density at radius 3 is 2.37 bits per heavy atom. The van der Waals surface area contributed by atoms with Crippen LogP contribution in [0.3, 0.4) is 0 Å². The van der Waals surface area contributed by atoms with Crippen molar-refractivity contribution in [3.63, 3.8) is 0 Å². The molecule has 3 saturated heterocycles. The van der Waals surface area contributed by atoms with Crippen LogP contribution in [0.1, 0.15) is 78.4 Å². The molecule has 1 unspecified atom stereocenters. The number of fused-ring (bicyclic) bond motifs is 1. The van der Waals surface area contributed by atoms with Crippen molar-refractivity contribution in [3.8, 4) is 0 Å². The molecule has 308 valence electrons. The summed E-state index contributed by atoms with van der Waals surface area (Å²) in [7, 11) is 0. The first kappa shape index (κ1) is 31.3. The Bertz CT molecular complexity index is 2740. The van der Waals surface area contributed by atoms with Crippen molar-refractivity contribution in [2.24, 2.45) is 5.92 Å². The molecule has 20 heteroatoms. The van der Waals surface area contributed by atoms with Crippen LogP contribution < -0.4 is 25.8 Å². The number of hydrogen-bond donors (Lipinski definition) is 3. The molecule has 4 aliphatic heterocycles. The van der Waals surface area contributed by atoms with E-state index in [9.17, 15) is 24.0 Å². The van der Waals surface area contributed by atoms with Crippen LogP contribution in [0.5, 0.6) is 0 Å². The van der Waals surface area contributed by atoms with Gasteiger partial charge in [-0.05, 0) is 50.7 Å². The van der Waals surface area contributed by atoms with E-state index in [2.05, 4.69) is 25.6 Å². The number of halogens is 4. The molecule has 0 saturated carbocycles. The van der Waals surface area contributed by atoms with Crippen LogP contribution in [0, 0.1) is 37.2 Å². The SMILES string of the molecule is [2H]C1([2H])N(CC2CCN(c3cc(Nc4ncc(C(=O)Nc5c(C)cccc5Cl)s4)nc(C)n3)CC2)C([2H])([2H])C([2H])([2H])N(c2c(F)c(F)c3c(c2F)C(=O)N(C2CCC(=O)NC2=O)C3=O)C1([2H])[2H]. The Balaban J connectivity index is 0.987. The minimum Gasteiger partial charge on any atom is -0.364 e. The van der Waals surface area contributed by atoms with Gasteiger partial charge >= 0.3 is 0 Å². The number of aromatic nitrogens is 3. The summed E-state index contributed by atoms with van der Waals surface area (Å²) in [6.07, 6.45) is 1.00. The van der Waals surface area contributed by atoms with Crippen LogP contribution in [0.2, 0.25) is 5.02 Å². The van der Waals surface area contributed by atoms with Crippen LogP contribution in [0.15, 0.2) is 30.5 Å². The maximum Gasteiger partial charge on any atom is 0.267 e. The molecule has 3 fully saturated rings. The van der Waals surface area contributed by atoms with E-state index in [1.807, 2.05) is 10.2 Å². The van der Waals surface area contributed by atoms with E-state index >= 15 is 13.2 Å². The van der Waals surface area contributed by atoms with E-state index in [1.54, 1.807) is 38.1 Å². The molecule has 0 radical (unpaired) electrons. The minimum absolute atomic E-state index is 0.0979. The van der Waals surface area contributed by atoms with Gasteiger partial charge in [0.05, 0.1) is 33.5 Å². The fourth-order valence-corrected chi connectivity index (χ4v) is 8.15. The maximum absolute atomic E-state index is 16.6. The van der Waals surface area contributed by atoms with Crippen molar-refractivity contribution >= 4 is 80.6 Å². The largest absolute Gasteiger partial charge is 0.364 e. The molecule has 5 amide bonds. The molecule has 2 aromatic heterocycles. The lowest BCUT2D eigenvalue weighted by Gasteiger charge is -2.40. The lowest BCUT2D eigenvalue weighted by molar-refractivity contribution is -0.136. The number of thiazole rings is 1. The molecule has 0 aliphatic carbocycles. The number of aryl methyl sites for hydroxylation is 2. The van der Waals surface area contributed by atoms with Gasteiger partial charge in [-0.1, -0.05) is 35.1 Å². The number of carbonyl (C=O) groups is 5. The number of imide groups is 2. The fraction of sp³-hybridized carbons (Fsp3) is 0.385. The fourth-order valence-electron chi connectivity index (χ4n) is 7.16.